The topological polar surface area (TPSA) is 64.3 Å². The molecule has 0 spiro atoms. The Hall–Kier alpha value is -0.980. The molecule has 4 nitrogen and oxygen atoms in total. The van der Waals surface area contributed by atoms with Crippen LogP contribution in [0.5, 0.6) is 0 Å². The van der Waals surface area contributed by atoms with E-state index in [4.69, 9.17) is 22.7 Å². The fourth-order valence-corrected chi connectivity index (χ4v) is 3.04. The van der Waals surface area contributed by atoms with Crippen molar-refractivity contribution in [1.29, 1.82) is 0 Å². The standard InChI is InChI=1S/C15H19BrN2O2S/c1-2-20-11-5-9(6-11)7-14(19)18-13-4-3-10(16)8-12(13)15(17)21/h3-4,8-9,11H,2,5-7H2,1H3,(H2,17,21)(H,18,19). The van der Waals surface area contributed by atoms with Crippen LogP contribution in [0.1, 0.15) is 31.7 Å². The summed E-state index contributed by atoms with van der Waals surface area (Å²) in [5.41, 5.74) is 7.03. The smallest absolute Gasteiger partial charge is 0.224 e. The van der Waals surface area contributed by atoms with Crippen molar-refractivity contribution in [2.75, 3.05) is 11.9 Å². The largest absolute Gasteiger partial charge is 0.389 e. The molecule has 1 aliphatic carbocycles. The molecule has 0 saturated heterocycles. The Morgan fingerprint density at radius 3 is 2.86 bits per heavy atom. The molecule has 0 aromatic heterocycles. The first-order valence-electron chi connectivity index (χ1n) is 7.00. The highest BCUT2D eigenvalue weighted by Crippen LogP contribution is 2.33. The Balaban J connectivity index is 1.90. The lowest BCUT2D eigenvalue weighted by Gasteiger charge is -2.34. The molecule has 0 radical (unpaired) electrons. The monoisotopic (exact) mass is 370 g/mol. The van der Waals surface area contributed by atoms with Gasteiger partial charge in [0.15, 0.2) is 0 Å². The number of carbonyl (C=O) groups excluding carboxylic acids is 1. The second-order valence-electron chi connectivity index (χ2n) is 5.22. The minimum absolute atomic E-state index is 0.00484. The van der Waals surface area contributed by atoms with Gasteiger partial charge in [-0.15, -0.1) is 0 Å². The van der Waals surface area contributed by atoms with Gasteiger partial charge in [-0.05, 0) is 43.9 Å². The molecule has 3 N–H and O–H groups in total. The predicted molar refractivity (Wildman–Crippen MR) is 91.4 cm³/mol. The minimum Gasteiger partial charge on any atom is -0.389 e. The lowest BCUT2D eigenvalue weighted by Crippen LogP contribution is -2.34. The molecule has 1 aliphatic rings. The zero-order valence-corrected chi connectivity index (χ0v) is 14.3. The number of hydrogen-bond acceptors (Lipinski definition) is 3. The van der Waals surface area contributed by atoms with Crippen molar-refractivity contribution in [3.8, 4) is 0 Å². The van der Waals surface area contributed by atoms with Crippen LogP contribution in [-0.4, -0.2) is 23.6 Å². The second kappa shape index (κ2) is 7.33. The number of halogens is 1. The molecule has 1 fully saturated rings. The van der Waals surface area contributed by atoms with Gasteiger partial charge in [0, 0.05) is 23.1 Å². The maximum absolute atomic E-state index is 12.1. The van der Waals surface area contributed by atoms with E-state index in [9.17, 15) is 4.79 Å². The highest BCUT2D eigenvalue weighted by atomic mass is 79.9. The number of thiocarbonyl (C=S) groups is 1. The van der Waals surface area contributed by atoms with Crippen LogP contribution in [0, 0.1) is 5.92 Å². The van der Waals surface area contributed by atoms with Gasteiger partial charge in [0.05, 0.1) is 11.8 Å². The van der Waals surface area contributed by atoms with Crippen LogP contribution >= 0.6 is 28.1 Å². The lowest BCUT2D eigenvalue weighted by atomic mass is 9.80. The highest BCUT2D eigenvalue weighted by Gasteiger charge is 2.31. The number of anilines is 1. The first kappa shape index (κ1) is 16.4. The quantitative estimate of drug-likeness (QED) is 0.754. The summed E-state index contributed by atoms with van der Waals surface area (Å²) < 4.78 is 6.38. The number of carbonyl (C=O) groups is 1. The summed E-state index contributed by atoms with van der Waals surface area (Å²) in [6, 6.07) is 5.47. The van der Waals surface area contributed by atoms with Crippen molar-refractivity contribution in [2.45, 2.75) is 32.3 Å². The molecular formula is C15H19BrN2O2S. The molecule has 0 heterocycles. The average molecular weight is 371 g/mol. The highest BCUT2D eigenvalue weighted by molar-refractivity contribution is 9.10. The van der Waals surface area contributed by atoms with Gasteiger partial charge >= 0.3 is 0 Å². The van der Waals surface area contributed by atoms with Crippen LogP contribution < -0.4 is 11.1 Å². The van der Waals surface area contributed by atoms with E-state index in [1.54, 1.807) is 6.07 Å². The zero-order valence-electron chi connectivity index (χ0n) is 11.9. The lowest BCUT2D eigenvalue weighted by molar-refractivity contribution is -0.119. The minimum atomic E-state index is -0.00484. The average Bonchev–Trinajstić information content (AvgIpc) is 2.38. The van der Waals surface area contributed by atoms with E-state index in [0.29, 0.717) is 29.7 Å². The van der Waals surface area contributed by atoms with Crippen LogP contribution in [0.15, 0.2) is 22.7 Å². The second-order valence-corrected chi connectivity index (χ2v) is 6.58. The zero-order chi connectivity index (χ0) is 15.4. The van der Waals surface area contributed by atoms with Crippen LogP contribution in [0.3, 0.4) is 0 Å². The van der Waals surface area contributed by atoms with Crippen LogP contribution in [0.2, 0.25) is 0 Å². The Labute approximate surface area is 138 Å². The molecule has 21 heavy (non-hydrogen) atoms. The van der Waals surface area contributed by atoms with E-state index < -0.39 is 0 Å². The first-order chi connectivity index (χ1) is 9.99. The molecule has 0 unspecified atom stereocenters. The predicted octanol–water partition coefficient (Wildman–Crippen LogP) is 3.23. The maximum atomic E-state index is 12.1. The number of benzene rings is 1. The molecule has 6 heteroatoms. The Kier molecular flexibility index (Phi) is 5.72. The molecule has 1 saturated carbocycles. The van der Waals surface area contributed by atoms with Crippen molar-refractivity contribution in [3.63, 3.8) is 0 Å². The molecule has 0 bridgehead atoms. The van der Waals surface area contributed by atoms with Crippen LogP contribution in [-0.2, 0) is 9.53 Å². The third-order valence-corrected chi connectivity index (χ3v) is 4.30. The van der Waals surface area contributed by atoms with Crippen molar-refractivity contribution in [2.24, 2.45) is 11.7 Å². The number of rotatable bonds is 6. The summed E-state index contributed by atoms with van der Waals surface area (Å²) >= 11 is 8.39. The number of nitrogens with two attached hydrogens (primary N) is 1. The van der Waals surface area contributed by atoms with E-state index in [-0.39, 0.29) is 10.9 Å². The third-order valence-electron chi connectivity index (χ3n) is 3.59. The Bertz CT molecular complexity index is 544. The van der Waals surface area contributed by atoms with Gasteiger partial charge in [-0.1, -0.05) is 28.1 Å². The van der Waals surface area contributed by atoms with Gasteiger partial charge in [-0.25, -0.2) is 0 Å². The molecular weight excluding hydrogens is 352 g/mol. The van der Waals surface area contributed by atoms with Crippen molar-refractivity contribution in [1.82, 2.24) is 0 Å². The number of amides is 1. The Morgan fingerprint density at radius 1 is 1.52 bits per heavy atom. The number of hydrogen-bond donors (Lipinski definition) is 2. The van der Waals surface area contributed by atoms with Gasteiger partial charge in [-0.2, -0.15) is 0 Å². The normalized spacial score (nSPS) is 20.7. The van der Waals surface area contributed by atoms with E-state index in [0.717, 1.165) is 23.9 Å². The van der Waals surface area contributed by atoms with E-state index in [1.807, 2.05) is 19.1 Å². The van der Waals surface area contributed by atoms with Crippen LogP contribution in [0.25, 0.3) is 0 Å². The van der Waals surface area contributed by atoms with E-state index in [1.165, 1.54) is 0 Å². The number of nitrogens with one attached hydrogen (secondary N) is 1. The van der Waals surface area contributed by atoms with Crippen molar-refractivity contribution < 1.29 is 9.53 Å². The third kappa shape index (κ3) is 4.49. The summed E-state index contributed by atoms with van der Waals surface area (Å²) in [5.74, 6) is 0.403. The fraction of sp³-hybridized carbons (Fsp3) is 0.467. The van der Waals surface area contributed by atoms with Gasteiger partial charge < -0.3 is 15.8 Å². The summed E-state index contributed by atoms with van der Waals surface area (Å²) in [6.45, 7) is 2.73. The molecule has 114 valence electrons. The molecule has 1 amide bonds. The summed E-state index contributed by atoms with van der Waals surface area (Å²) in [5, 5.41) is 2.90. The molecule has 0 atom stereocenters. The number of ether oxygens (including phenoxy) is 1. The summed E-state index contributed by atoms with van der Waals surface area (Å²) in [4.78, 5) is 12.4. The molecule has 1 aromatic carbocycles. The van der Waals surface area contributed by atoms with Gasteiger partial charge in [0.1, 0.15) is 4.99 Å². The van der Waals surface area contributed by atoms with E-state index >= 15 is 0 Å². The SMILES string of the molecule is CCOC1CC(CC(=O)Nc2ccc(Br)cc2C(N)=S)C1. The molecule has 2 rings (SSSR count). The van der Waals surface area contributed by atoms with Crippen molar-refractivity contribution >= 4 is 44.7 Å². The first-order valence-corrected chi connectivity index (χ1v) is 8.20. The summed E-state index contributed by atoms with van der Waals surface area (Å²) in [7, 11) is 0. The molecule has 0 aliphatic heterocycles. The van der Waals surface area contributed by atoms with Crippen molar-refractivity contribution in [3.05, 3.63) is 28.2 Å². The molecule has 1 aromatic rings. The van der Waals surface area contributed by atoms with Gasteiger partial charge in [0.25, 0.3) is 0 Å². The van der Waals surface area contributed by atoms with Crippen LogP contribution in [0.4, 0.5) is 5.69 Å². The Morgan fingerprint density at radius 2 is 2.24 bits per heavy atom. The van der Waals surface area contributed by atoms with Gasteiger partial charge in [-0.3, -0.25) is 4.79 Å². The van der Waals surface area contributed by atoms with E-state index in [2.05, 4.69) is 21.2 Å². The maximum Gasteiger partial charge on any atom is 0.224 e. The van der Waals surface area contributed by atoms with Gasteiger partial charge in [0.2, 0.25) is 5.91 Å². The summed E-state index contributed by atoms with van der Waals surface area (Å²) in [6.07, 6.45) is 2.76. The fourth-order valence-electron chi connectivity index (χ4n) is 2.51.